The van der Waals surface area contributed by atoms with E-state index in [9.17, 15) is 0 Å². The van der Waals surface area contributed by atoms with Crippen molar-refractivity contribution in [2.45, 2.75) is 27.2 Å². The van der Waals surface area contributed by atoms with E-state index in [1.165, 1.54) is 0 Å². The fourth-order valence-electron chi connectivity index (χ4n) is 1.85. The summed E-state index contributed by atoms with van der Waals surface area (Å²) in [6.45, 7) is 8.77. The molecule has 0 aromatic carbocycles. The number of hydrogen-bond donors (Lipinski definition) is 1. The molecular weight excluding hydrogens is 272 g/mol. The molecule has 2 heterocycles. The van der Waals surface area contributed by atoms with Crippen LogP contribution in [0.3, 0.4) is 0 Å². The molecular formula is C13H20N6S. The maximum absolute atomic E-state index is 4.56. The second-order valence-corrected chi connectivity index (χ2v) is 5.16. The number of aromatic nitrogens is 4. The van der Waals surface area contributed by atoms with Crippen LogP contribution in [0.1, 0.15) is 31.6 Å². The molecule has 0 fully saturated rings. The Labute approximate surface area is 123 Å². The van der Waals surface area contributed by atoms with Gasteiger partial charge in [0.1, 0.15) is 10.8 Å². The van der Waals surface area contributed by atoms with Crippen molar-refractivity contribution in [1.29, 1.82) is 0 Å². The minimum Gasteiger partial charge on any atom is -0.354 e. The molecule has 0 aliphatic heterocycles. The zero-order valence-corrected chi connectivity index (χ0v) is 12.9. The third kappa shape index (κ3) is 3.63. The lowest BCUT2D eigenvalue weighted by Gasteiger charge is -2.19. The first-order chi connectivity index (χ1) is 9.76. The molecule has 0 saturated carbocycles. The molecule has 0 aliphatic rings. The minimum atomic E-state index is 0.635. The van der Waals surface area contributed by atoms with Crippen molar-refractivity contribution in [2.24, 2.45) is 0 Å². The van der Waals surface area contributed by atoms with Crippen molar-refractivity contribution in [3.05, 3.63) is 22.4 Å². The van der Waals surface area contributed by atoms with E-state index in [0.717, 1.165) is 36.4 Å². The van der Waals surface area contributed by atoms with Crippen molar-refractivity contribution >= 4 is 23.2 Å². The van der Waals surface area contributed by atoms with E-state index >= 15 is 0 Å². The van der Waals surface area contributed by atoms with Crippen molar-refractivity contribution in [3.8, 4) is 0 Å². The van der Waals surface area contributed by atoms with Gasteiger partial charge < -0.3 is 10.2 Å². The van der Waals surface area contributed by atoms with Gasteiger partial charge in [0, 0.05) is 31.2 Å². The quantitative estimate of drug-likeness (QED) is 0.844. The normalized spacial score (nSPS) is 10.6. The summed E-state index contributed by atoms with van der Waals surface area (Å²) in [6, 6.07) is 0. The lowest BCUT2D eigenvalue weighted by atomic mass is 10.4. The van der Waals surface area contributed by atoms with Gasteiger partial charge in [-0.25, -0.2) is 4.98 Å². The molecule has 6 nitrogen and oxygen atoms in total. The van der Waals surface area contributed by atoms with Gasteiger partial charge in [-0.15, -0.1) is 11.3 Å². The number of hydrogen-bond acceptors (Lipinski definition) is 7. The van der Waals surface area contributed by atoms with Gasteiger partial charge in [-0.1, -0.05) is 0 Å². The number of rotatable bonds is 7. The molecule has 7 heteroatoms. The van der Waals surface area contributed by atoms with Gasteiger partial charge in [-0.3, -0.25) is 0 Å². The average Bonchev–Trinajstić information content (AvgIpc) is 2.93. The van der Waals surface area contributed by atoms with Crippen LogP contribution in [0.4, 0.5) is 11.9 Å². The summed E-state index contributed by atoms with van der Waals surface area (Å²) < 4.78 is 0. The summed E-state index contributed by atoms with van der Waals surface area (Å²) in [5.41, 5.74) is 0. The molecule has 108 valence electrons. The zero-order chi connectivity index (χ0) is 14.4. The first-order valence-corrected chi connectivity index (χ1v) is 7.76. The maximum atomic E-state index is 4.56. The van der Waals surface area contributed by atoms with Crippen molar-refractivity contribution < 1.29 is 0 Å². The Balaban J connectivity index is 2.29. The molecule has 0 bridgehead atoms. The molecule has 0 spiro atoms. The summed E-state index contributed by atoms with van der Waals surface area (Å²) in [5.74, 6) is 2.12. The highest BCUT2D eigenvalue weighted by Gasteiger charge is 2.12. The predicted octanol–water partition coefficient (Wildman–Crippen LogP) is 2.20. The highest BCUT2D eigenvalue weighted by molar-refractivity contribution is 7.09. The molecule has 0 aliphatic carbocycles. The second-order valence-electron chi connectivity index (χ2n) is 4.18. The molecule has 0 radical (unpaired) electrons. The Bertz CT molecular complexity index is 524. The lowest BCUT2D eigenvalue weighted by molar-refractivity contribution is 0.793. The Kier molecular flexibility index (Phi) is 5.23. The van der Waals surface area contributed by atoms with Crippen molar-refractivity contribution in [1.82, 2.24) is 19.9 Å². The average molecular weight is 292 g/mol. The summed E-state index contributed by atoms with van der Waals surface area (Å²) in [4.78, 5) is 19.9. The summed E-state index contributed by atoms with van der Waals surface area (Å²) in [6.07, 6.45) is 2.45. The summed E-state index contributed by atoms with van der Waals surface area (Å²) in [7, 11) is 0. The van der Waals surface area contributed by atoms with Crippen LogP contribution < -0.4 is 10.2 Å². The Morgan fingerprint density at radius 1 is 1.15 bits per heavy atom. The number of nitrogens with one attached hydrogen (secondary N) is 1. The third-order valence-corrected chi connectivity index (χ3v) is 3.62. The van der Waals surface area contributed by atoms with Crippen LogP contribution in [0.15, 0.2) is 11.6 Å². The Morgan fingerprint density at radius 2 is 1.95 bits per heavy atom. The lowest BCUT2D eigenvalue weighted by Crippen LogP contribution is -2.25. The van der Waals surface area contributed by atoms with Crippen molar-refractivity contribution in [3.63, 3.8) is 0 Å². The minimum absolute atomic E-state index is 0.635. The van der Waals surface area contributed by atoms with E-state index in [4.69, 9.17) is 0 Å². The summed E-state index contributed by atoms with van der Waals surface area (Å²) in [5, 5.41) is 6.15. The van der Waals surface area contributed by atoms with Crippen LogP contribution in [0.2, 0.25) is 0 Å². The maximum Gasteiger partial charge on any atom is 0.230 e. The predicted molar refractivity (Wildman–Crippen MR) is 82.5 cm³/mol. The highest BCUT2D eigenvalue weighted by Crippen LogP contribution is 2.14. The first-order valence-electron chi connectivity index (χ1n) is 6.88. The molecule has 0 amide bonds. The molecule has 2 rings (SSSR count). The fourth-order valence-corrected chi connectivity index (χ4v) is 2.46. The number of nitrogens with zero attached hydrogens (tertiary/aromatic N) is 5. The Morgan fingerprint density at radius 3 is 2.55 bits per heavy atom. The fraction of sp³-hybridized carbons (Fsp3) is 0.538. The second kappa shape index (κ2) is 7.14. The molecule has 0 atom stereocenters. The van der Waals surface area contributed by atoms with Crippen LogP contribution >= 0.6 is 11.3 Å². The Hall–Kier alpha value is -1.76. The van der Waals surface area contributed by atoms with Gasteiger partial charge >= 0.3 is 0 Å². The van der Waals surface area contributed by atoms with E-state index in [2.05, 4.69) is 44.0 Å². The topological polar surface area (TPSA) is 66.8 Å². The summed E-state index contributed by atoms with van der Waals surface area (Å²) >= 11 is 1.62. The van der Waals surface area contributed by atoms with Gasteiger partial charge in [0.2, 0.25) is 11.9 Å². The molecule has 2 aromatic heterocycles. The molecule has 1 N–H and O–H groups in total. The van der Waals surface area contributed by atoms with Crippen molar-refractivity contribution in [2.75, 3.05) is 29.9 Å². The van der Waals surface area contributed by atoms with E-state index in [-0.39, 0.29) is 0 Å². The van der Waals surface area contributed by atoms with E-state index in [1.54, 1.807) is 17.5 Å². The largest absolute Gasteiger partial charge is 0.354 e. The van der Waals surface area contributed by atoms with E-state index in [1.807, 2.05) is 12.3 Å². The van der Waals surface area contributed by atoms with Gasteiger partial charge in [-0.05, 0) is 20.8 Å². The third-order valence-electron chi connectivity index (χ3n) is 2.84. The van der Waals surface area contributed by atoms with Crippen LogP contribution in [-0.4, -0.2) is 39.6 Å². The zero-order valence-electron chi connectivity index (χ0n) is 12.1. The monoisotopic (exact) mass is 292 g/mol. The SMILES string of the molecule is CCNc1nc(Cc2nccs2)nc(N(CC)CC)n1. The molecule has 0 saturated heterocycles. The van der Waals surface area contributed by atoms with E-state index < -0.39 is 0 Å². The standard InChI is InChI=1S/C13H20N6S/c1-4-14-12-16-10(9-11-15-7-8-20-11)17-13(18-12)19(5-2)6-3/h7-8H,4-6,9H2,1-3H3,(H,14,16,17,18). The molecule has 0 unspecified atom stereocenters. The van der Waals surface area contributed by atoms with Crippen LogP contribution in [0, 0.1) is 0 Å². The highest BCUT2D eigenvalue weighted by atomic mass is 32.1. The number of thiazole rings is 1. The smallest absolute Gasteiger partial charge is 0.230 e. The van der Waals surface area contributed by atoms with Gasteiger partial charge in [0.15, 0.2) is 0 Å². The van der Waals surface area contributed by atoms with Crippen LogP contribution in [-0.2, 0) is 6.42 Å². The molecule has 2 aromatic rings. The van der Waals surface area contributed by atoms with Gasteiger partial charge in [-0.2, -0.15) is 15.0 Å². The van der Waals surface area contributed by atoms with Crippen LogP contribution in [0.5, 0.6) is 0 Å². The molecule has 20 heavy (non-hydrogen) atoms. The van der Waals surface area contributed by atoms with Gasteiger partial charge in [0.25, 0.3) is 0 Å². The van der Waals surface area contributed by atoms with Gasteiger partial charge in [0.05, 0.1) is 6.42 Å². The van der Waals surface area contributed by atoms with E-state index in [0.29, 0.717) is 12.4 Å². The first kappa shape index (κ1) is 14.6. The van der Waals surface area contributed by atoms with Crippen LogP contribution in [0.25, 0.3) is 0 Å². The number of anilines is 2.